The Morgan fingerprint density at radius 2 is 1.85 bits per heavy atom. The lowest BCUT2D eigenvalue weighted by molar-refractivity contribution is -0.0548. The SMILES string of the molecule is CO[C@@]1(COc2ccccc2F)CCCN(Cc2ccc(OCCn3cc(C)cn3)cc2)CC1. The standard InChI is InChI=1S/C27H34FN3O3/c1-22-18-29-31(19-22)16-17-33-24-10-8-23(9-11-24)20-30-14-5-12-27(32-2,13-15-30)21-34-26-7-4-3-6-25(26)28/h3-4,6-11,18-19H,5,12-17,20-21H2,1-2H3/t27-/m0/s1. The van der Waals surface area contributed by atoms with Crippen molar-refractivity contribution in [2.24, 2.45) is 0 Å². The van der Waals surface area contributed by atoms with E-state index in [0.29, 0.717) is 13.2 Å². The lowest BCUT2D eigenvalue weighted by atomic mass is 9.95. The fourth-order valence-corrected chi connectivity index (χ4v) is 4.36. The molecule has 34 heavy (non-hydrogen) atoms. The first-order valence-corrected chi connectivity index (χ1v) is 11.9. The molecule has 0 aliphatic carbocycles. The van der Waals surface area contributed by atoms with Crippen LogP contribution in [0.3, 0.4) is 0 Å². The van der Waals surface area contributed by atoms with Crippen LogP contribution >= 0.6 is 0 Å². The van der Waals surface area contributed by atoms with Crippen LogP contribution in [0.1, 0.15) is 30.4 Å². The van der Waals surface area contributed by atoms with E-state index in [2.05, 4.69) is 22.1 Å². The van der Waals surface area contributed by atoms with Crippen LogP contribution < -0.4 is 9.47 Å². The first-order chi connectivity index (χ1) is 16.5. The van der Waals surface area contributed by atoms with Crippen LogP contribution in [-0.4, -0.2) is 53.7 Å². The third kappa shape index (κ3) is 6.58. The van der Waals surface area contributed by atoms with Crippen molar-refractivity contribution in [1.29, 1.82) is 0 Å². The van der Waals surface area contributed by atoms with Gasteiger partial charge in [0.2, 0.25) is 0 Å². The Morgan fingerprint density at radius 3 is 2.59 bits per heavy atom. The predicted octanol–water partition coefficient (Wildman–Crippen LogP) is 4.86. The number of halogens is 1. The minimum Gasteiger partial charge on any atom is -0.492 e. The number of benzene rings is 2. The molecule has 1 aromatic heterocycles. The summed E-state index contributed by atoms with van der Waals surface area (Å²) in [5, 5.41) is 4.28. The molecule has 1 aliphatic heterocycles. The molecular weight excluding hydrogens is 433 g/mol. The van der Waals surface area contributed by atoms with Gasteiger partial charge in [-0.2, -0.15) is 5.10 Å². The van der Waals surface area contributed by atoms with Gasteiger partial charge in [0, 0.05) is 26.4 Å². The van der Waals surface area contributed by atoms with Gasteiger partial charge in [0.1, 0.15) is 24.6 Å². The second-order valence-electron chi connectivity index (χ2n) is 9.01. The van der Waals surface area contributed by atoms with Crippen LogP contribution in [0.25, 0.3) is 0 Å². The molecule has 0 radical (unpaired) electrons. The normalized spacial score (nSPS) is 19.0. The molecule has 1 atom stereocenters. The molecule has 1 saturated heterocycles. The molecule has 7 heteroatoms. The van der Waals surface area contributed by atoms with Gasteiger partial charge in [-0.1, -0.05) is 24.3 Å². The Morgan fingerprint density at radius 1 is 1.03 bits per heavy atom. The van der Waals surface area contributed by atoms with Crippen molar-refractivity contribution in [3.05, 3.63) is 77.9 Å². The lowest BCUT2D eigenvalue weighted by Gasteiger charge is -2.31. The van der Waals surface area contributed by atoms with Crippen LogP contribution in [0.15, 0.2) is 60.9 Å². The fourth-order valence-electron chi connectivity index (χ4n) is 4.36. The van der Waals surface area contributed by atoms with E-state index in [1.54, 1.807) is 25.3 Å². The number of rotatable bonds is 10. The zero-order chi connectivity index (χ0) is 23.8. The van der Waals surface area contributed by atoms with Crippen molar-refractivity contribution in [2.75, 3.05) is 33.4 Å². The Balaban J connectivity index is 1.25. The molecular formula is C27H34FN3O3. The van der Waals surface area contributed by atoms with Crippen molar-refractivity contribution < 1.29 is 18.6 Å². The summed E-state index contributed by atoms with van der Waals surface area (Å²) in [5.41, 5.74) is 2.00. The van der Waals surface area contributed by atoms with Crippen molar-refractivity contribution >= 4 is 0 Å². The number of ether oxygens (including phenoxy) is 3. The smallest absolute Gasteiger partial charge is 0.165 e. The molecule has 1 fully saturated rings. The van der Waals surface area contributed by atoms with E-state index >= 15 is 0 Å². The van der Waals surface area contributed by atoms with Crippen molar-refractivity contribution in [3.8, 4) is 11.5 Å². The number of aromatic nitrogens is 2. The first-order valence-electron chi connectivity index (χ1n) is 11.9. The van der Waals surface area contributed by atoms with Gasteiger partial charge in [0.05, 0.1) is 12.7 Å². The summed E-state index contributed by atoms with van der Waals surface area (Å²) < 4.78 is 33.4. The summed E-state index contributed by atoms with van der Waals surface area (Å²) in [6.45, 7) is 6.46. The fraction of sp³-hybridized carbons (Fsp3) is 0.444. The van der Waals surface area contributed by atoms with Gasteiger partial charge in [-0.15, -0.1) is 0 Å². The highest BCUT2D eigenvalue weighted by atomic mass is 19.1. The van der Waals surface area contributed by atoms with Gasteiger partial charge in [0.25, 0.3) is 0 Å². The largest absolute Gasteiger partial charge is 0.492 e. The van der Waals surface area contributed by atoms with Gasteiger partial charge in [0.15, 0.2) is 11.6 Å². The molecule has 4 rings (SSSR count). The summed E-state index contributed by atoms with van der Waals surface area (Å²) in [6, 6.07) is 14.8. The summed E-state index contributed by atoms with van der Waals surface area (Å²) in [6.07, 6.45) is 6.59. The summed E-state index contributed by atoms with van der Waals surface area (Å²) in [4.78, 5) is 2.44. The maximum Gasteiger partial charge on any atom is 0.165 e. The molecule has 3 aromatic rings. The van der Waals surface area contributed by atoms with E-state index in [9.17, 15) is 4.39 Å². The van der Waals surface area contributed by atoms with E-state index in [0.717, 1.165) is 56.8 Å². The average Bonchev–Trinajstić information content (AvgIpc) is 3.16. The van der Waals surface area contributed by atoms with Gasteiger partial charge >= 0.3 is 0 Å². The molecule has 1 aliphatic rings. The van der Waals surface area contributed by atoms with Crippen LogP contribution in [0.2, 0.25) is 0 Å². The Hall–Kier alpha value is -2.90. The van der Waals surface area contributed by atoms with Crippen LogP contribution in [0, 0.1) is 12.7 Å². The monoisotopic (exact) mass is 467 g/mol. The molecule has 2 heterocycles. The highest BCUT2D eigenvalue weighted by molar-refractivity contribution is 5.27. The zero-order valence-corrected chi connectivity index (χ0v) is 20.1. The molecule has 0 bridgehead atoms. The lowest BCUT2D eigenvalue weighted by Crippen LogP contribution is -2.39. The maximum atomic E-state index is 13.9. The molecule has 0 saturated carbocycles. The van der Waals surface area contributed by atoms with Gasteiger partial charge in [-0.05, 0) is 68.1 Å². The average molecular weight is 468 g/mol. The Kier molecular flexibility index (Phi) is 8.19. The van der Waals surface area contributed by atoms with Gasteiger partial charge in [-0.3, -0.25) is 9.58 Å². The highest BCUT2D eigenvalue weighted by Crippen LogP contribution is 2.29. The van der Waals surface area contributed by atoms with E-state index in [1.807, 2.05) is 36.1 Å². The number of hydrogen-bond donors (Lipinski definition) is 0. The first kappa shape index (κ1) is 24.2. The van der Waals surface area contributed by atoms with Gasteiger partial charge < -0.3 is 14.2 Å². The Bertz CT molecular complexity index is 1040. The van der Waals surface area contributed by atoms with E-state index in [4.69, 9.17) is 14.2 Å². The number of nitrogens with zero attached hydrogens (tertiary/aromatic N) is 3. The third-order valence-electron chi connectivity index (χ3n) is 6.43. The zero-order valence-electron chi connectivity index (χ0n) is 20.1. The van der Waals surface area contributed by atoms with Crippen LogP contribution in [0.4, 0.5) is 4.39 Å². The molecule has 2 aromatic carbocycles. The Labute approximate surface area is 201 Å². The number of aryl methyl sites for hydroxylation is 1. The van der Waals surface area contributed by atoms with Crippen molar-refractivity contribution in [2.45, 2.75) is 44.9 Å². The van der Waals surface area contributed by atoms with Crippen LogP contribution in [0.5, 0.6) is 11.5 Å². The minimum absolute atomic E-state index is 0.280. The topological polar surface area (TPSA) is 48.8 Å². The molecule has 0 unspecified atom stereocenters. The molecule has 0 N–H and O–H groups in total. The minimum atomic E-state index is -0.401. The second kappa shape index (κ2) is 11.5. The number of hydrogen-bond acceptors (Lipinski definition) is 5. The molecule has 6 nitrogen and oxygen atoms in total. The summed E-state index contributed by atoms with van der Waals surface area (Å²) >= 11 is 0. The van der Waals surface area contributed by atoms with E-state index in [1.165, 1.54) is 11.6 Å². The number of methoxy groups -OCH3 is 1. The summed E-state index contributed by atoms with van der Waals surface area (Å²) in [5.74, 6) is 0.808. The quantitative estimate of drug-likeness (QED) is 0.426. The van der Waals surface area contributed by atoms with E-state index in [-0.39, 0.29) is 11.6 Å². The van der Waals surface area contributed by atoms with Gasteiger partial charge in [-0.25, -0.2) is 4.39 Å². The van der Waals surface area contributed by atoms with Crippen molar-refractivity contribution in [3.63, 3.8) is 0 Å². The molecule has 0 spiro atoms. The van der Waals surface area contributed by atoms with Crippen LogP contribution in [-0.2, 0) is 17.8 Å². The van der Waals surface area contributed by atoms with Crippen molar-refractivity contribution in [1.82, 2.24) is 14.7 Å². The maximum absolute atomic E-state index is 13.9. The molecule has 0 amide bonds. The van der Waals surface area contributed by atoms with E-state index < -0.39 is 5.60 Å². The third-order valence-corrected chi connectivity index (χ3v) is 6.43. The summed E-state index contributed by atoms with van der Waals surface area (Å²) in [7, 11) is 1.73. The predicted molar refractivity (Wildman–Crippen MR) is 130 cm³/mol. The highest BCUT2D eigenvalue weighted by Gasteiger charge is 2.33. The molecule has 182 valence electrons. The number of para-hydroxylation sites is 1. The second-order valence-corrected chi connectivity index (χ2v) is 9.01. The number of likely N-dealkylation sites (tertiary alicyclic amines) is 1.